The molecule has 1 amide bonds. The molecular weight excluding hydrogens is 369 g/mol. The summed E-state index contributed by atoms with van der Waals surface area (Å²) in [5.74, 6) is -0.994. The molecule has 2 N–H and O–H groups in total. The Bertz CT molecular complexity index is 1110. The molecule has 1 heterocycles. The molecular formula is C19H18FN3O3S. The molecule has 2 aromatic carbocycles. The number of sulfone groups is 1. The van der Waals surface area contributed by atoms with Gasteiger partial charge in [-0.25, -0.2) is 12.8 Å². The third-order valence-electron chi connectivity index (χ3n) is 4.05. The first-order chi connectivity index (χ1) is 12.8. The first-order valence-electron chi connectivity index (χ1n) is 8.24. The molecule has 3 aromatic rings. The number of aromatic amines is 1. The summed E-state index contributed by atoms with van der Waals surface area (Å²) in [6.07, 6.45) is 1.75. The summed E-state index contributed by atoms with van der Waals surface area (Å²) in [5, 5.41) is 9.29. The van der Waals surface area contributed by atoms with Gasteiger partial charge in [-0.05, 0) is 30.7 Å². The third kappa shape index (κ3) is 4.06. The number of aryl methyl sites for hydroxylation is 1. The topological polar surface area (TPSA) is 91.9 Å². The summed E-state index contributed by atoms with van der Waals surface area (Å²) >= 11 is 0. The second-order valence-corrected chi connectivity index (χ2v) is 8.03. The van der Waals surface area contributed by atoms with Crippen molar-refractivity contribution in [2.75, 3.05) is 11.6 Å². The standard InChI is InChI=1S/C19H18FN3O3S/c1-3-12-10-17(23-22-12)19(24)21-13-8-9-15(18(11-13)27(2,25)26)14-6-4-5-7-16(14)20/h4-11H,3H2,1-2H3,(H,21,24)(H,22,23). The van der Waals surface area contributed by atoms with E-state index in [1.807, 2.05) is 6.92 Å². The molecule has 1 aromatic heterocycles. The van der Waals surface area contributed by atoms with Crippen LogP contribution in [0.5, 0.6) is 0 Å². The largest absolute Gasteiger partial charge is 0.321 e. The van der Waals surface area contributed by atoms with Gasteiger partial charge in [-0.15, -0.1) is 0 Å². The van der Waals surface area contributed by atoms with Crippen LogP contribution in [0.3, 0.4) is 0 Å². The average Bonchev–Trinajstić information content (AvgIpc) is 3.11. The van der Waals surface area contributed by atoms with Crippen LogP contribution in [0, 0.1) is 5.82 Å². The van der Waals surface area contributed by atoms with Crippen LogP contribution in [-0.4, -0.2) is 30.8 Å². The molecule has 0 atom stereocenters. The highest BCUT2D eigenvalue weighted by Gasteiger charge is 2.19. The van der Waals surface area contributed by atoms with Gasteiger partial charge in [0.15, 0.2) is 15.5 Å². The summed E-state index contributed by atoms with van der Waals surface area (Å²) in [5.41, 5.74) is 1.71. The van der Waals surface area contributed by atoms with E-state index in [1.54, 1.807) is 12.1 Å². The van der Waals surface area contributed by atoms with Crippen LogP contribution in [0.2, 0.25) is 0 Å². The number of carbonyl (C=O) groups excluding carboxylic acids is 1. The van der Waals surface area contributed by atoms with Crippen molar-refractivity contribution in [3.8, 4) is 11.1 Å². The van der Waals surface area contributed by atoms with Crippen LogP contribution in [-0.2, 0) is 16.3 Å². The minimum absolute atomic E-state index is 0.0679. The molecule has 0 saturated carbocycles. The minimum Gasteiger partial charge on any atom is -0.321 e. The maximum Gasteiger partial charge on any atom is 0.276 e. The predicted molar refractivity (Wildman–Crippen MR) is 101 cm³/mol. The fraction of sp³-hybridized carbons (Fsp3) is 0.158. The fourth-order valence-corrected chi connectivity index (χ4v) is 3.58. The summed E-state index contributed by atoms with van der Waals surface area (Å²) in [4.78, 5) is 12.2. The maximum atomic E-state index is 14.1. The number of hydrogen-bond donors (Lipinski definition) is 2. The zero-order valence-electron chi connectivity index (χ0n) is 14.8. The van der Waals surface area contributed by atoms with E-state index in [9.17, 15) is 17.6 Å². The number of amides is 1. The van der Waals surface area contributed by atoms with E-state index in [-0.39, 0.29) is 27.4 Å². The van der Waals surface area contributed by atoms with Gasteiger partial charge in [-0.2, -0.15) is 5.10 Å². The van der Waals surface area contributed by atoms with E-state index in [0.29, 0.717) is 6.42 Å². The Kier molecular flexibility index (Phi) is 5.09. The predicted octanol–water partition coefficient (Wildman–Crippen LogP) is 3.43. The zero-order chi connectivity index (χ0) is 19.6. The number of carbonyl (C=O) groups is 1. The highest BCUT2D eigenvalue weighted by molar-refractivity contribution is 7.90. The molecule has 8 heteroatoms. The maximum absolute atomic E-state index is 14.1. The molecule has 27 heavy (non-hydrogen) atoms. The van der Waals surface area contributed by atoms with Crippen molar-refractivity contribution in [3.05, 3.63) is 65.7 Å². The van der Waals surface area contributed by atoms with Crippen molar-refractivity contribution < 1.29 is 17.6 Å². The van der Waals surface area contributed by atoms with Crippen molar-refractivity contribution in [2.45, 2.75) is 18.2 Å². The van der Waals surface area contributed by atoms with Gasteiger partial charge >= 0.3 is 0 Å². The number of nitrogens with zero attached hydrogens (tertiary/aromatic N) is 1. The number of halogens is 1. The van der Waals surface area contributed by atoms with E-state index in [2.05, 4.69) is 15.5 Å². The molecule has 3 rings (SSSR count). The van der Waals surface area contributed by atoms with Gasteiger partial charge in [0.2, 0.25) is 0 Å². The van der Waals surface area contributed by atoms with Crippen LogP contribution < -0.4 is 5.32 Å². The zero-order valence-corrected chi connectivity index (χ0v) is 15.6. The van der Waals surface area contributed by atoms with E-state index in [0.717, 1.165) is 11.9 Å². The number of anilines is 1. The van der Waals surface area contributed by atoms with Crippen molar-refractivity contribution in [1.29, 1.82) is 0 Å². The normalized spacial score (nSPS) is 11.4. The summed E-state index contributed by atoms with van der Waals surface area (Å²) in [6.45, 7) is 1.93. The molecule has 0 fully saturated rings. The lowest BCUT2D eigenvalue weighted by Gasteiger charge is -2.12. The van der Waals surface area contributed by atoms with Crippen LogP contribution in [0.1, 0.15) is 23.1 Å². The first kappa shape index (κ1) is 18.8. The quantitative estimate of drug-likeness (QED) is 0.702. The third-order valence-corrected chi connectivity index (χ3v) is 5.18. The number of nitrogens with one attached hydrogen (secondary N) is 2. The SMILES string of the molecule is CCc1cc(C(=O)Nc2ccc(-c3ccccc3F)c(S(C)(=O)=O)c2)n[nH]1. The molecule has 0 saturated heterocycles. The van der Waals surface area contributed by atoms with Crippen LogP contribution in [0.4, 0.5) is 10.1 Å². The number of benzene rings is 2. The Morgan fingerprint density at radius 2 is 1.89 bits per heavy atom. The monoisotopic (exact) mass is 387 g/mol. The highest BCUT2D eigenvalue weighted by atomic mass is 32.2. The van der Waals surface area contributed by atoms with E-state index >= 15 is 0 Å². The molecule has 0 bridgehead atoms. The lowest BCUT2D eigenvalue weighted by atomic mass is 10.0. The lowest BCUT2D eigenvalue weighted by Crippen LogP contribution is -2.13. The smallest absolute Gasteiger partial charge is 0.276 e. The number of H-pyrrole nitrogens is 1. The van der Waals surface area contributed by atoms with Gasteiger partial charge < -0.3 is 5.32 Å². The van der Waals surface area contributed by atoms with Crippen molar-refractivity contribution in [3.63, 3.8) is 0 Å². The molecule has 6 nitrogen and oxygen atoms in total. The molecule has 0 unspecified atom stereocenters. The van der Waals surface area contributed by atoms with Gasteiger partial charge in [0.05, 0.1) is 4.90 Å². The molecule has 0 spiro atoms. The van der Waals surface area contributed by atoms with Crippen molar-refractivity contribution >= 4 is 21.4 Å². The van der Waals surface area contributed by atoms with Gasteiger partial charge in [0.25, 0.3) is 5.91 Å². The molecule has 0 aliphatic heterocycles. The van der Waals surface area contributed by atoms with Crippen LogP contribution in [0.15, 0.2) is 53.4 Å². The van der Waals surface area contributed by atoms with Gasteiger partial charge in [-0.1, -0.05) is 31.2 Å². The number of rotatable bonds is 5. The Morgan fingerprint density at radius 3 is 2.52 bits per heavy atom. The summed E-state index contributed by atoms with van der Waals surface area (Å²) < 4.78 is 38.6. The molecule has 0 aliphatic rings. The van der Waals surface area contributed by atoms with Crippen molar-refractivity contribution in [2.24, 2.45) is 0 Å². The Hall–Kier alpha value is -3.00. The molecule has 0 aliphatic carbocycles. The minimum atomic E-state index is -3.66. The van der Waals surface area contributed by atoms with Crippen LogP contribution in [0.25, 0.3) is 11.1 Å². The van der Waals surface area contributed by atoms with Crippen LogP contribution >= 0.6 is 0 Å². The Balaban J connectivity index is 1.99. The Labute approximate surface area is 156 Å². The van der Waals surface area contributed by atoms with Gasteiger partial charge in [0.1, 0.15) is 5.82 Å². The average molecular weight is 387 g/mol. The second kappa shape index (κ2) is 7.32. The summed E-state index contributed by atoms with van der Waals surface area (Å²) in [7, 11) is -3.66. The number of hydrogen-bond acceptors (Lipinski definition) is 4. The molecule has 140 valence electrons. The number of aromatic nitrogens is 2. The van der Waals surface area contributed by atoms with Gasteiger partial charge in [0, 0.05) is 28.8 Å². The summed E-state index contributed by atoms with van der Waals surface area (Å²) in [6, 6.07) is 11.9. The second-order valence-electron chi connectivity index (χ2n) is 6.05. The molecule has 0 radical (unpaired) electrons. The highest BCUT2D eigenvalue weighted by Crippen LogP contribution is 2.31. The van der Waals surface area contributed by atoms with E-state index < -0.39 is 21.6 Å². The van der Waals surface area contributed by atoms with E-state index in [4.69, 9.17) is 0 Å². The van der Waals surface area contributed by atoms with E-state index in [1.165, 1.54) is 36.4 Å². The van der Waals surface area contributed by atoms with Crippen molar-refractivity contribution in [1.82, 2.24) is 10.2 Å². The fourth-order valence-electron chi connectivity index (χ4n) is 2.66. The lowest BCUT2D eigenvalue weighted by molar-refractivity contribution is 0.102. The van der Waals surface area contributed by atoms with Gasteiger partial charge in [-0.3, -0.25) is 9.89 Å². The Morgan fingerprint density at radius 1 is 1.15 bits per heavy atom. The first-order valence-corrected chi connectivity index (χ1v) is 10.1.